The molecule has 0 bridgehead atoms. The predicted molar refractivity (Wildman–Crippen MR) is 64.4 cm³/mol. The first-order chi connectivity index (χ1) is 8.69. The molecule has 18 heavy (non-hydrogen) atoms. The van der Waals surface area contributed by atoms with E-state index in [2.05, 4.69) is 9.97 Å². The Morgan fingerprint density at radius 1 is 1.39 bits per heavy atom. The van der Waals surface area contributed by atoms with Crippen molar-refractivity contribution in [1.82, 2.24) is 9.97 Å². The van der Waals surface area contributed by atoms with Gasteiger partial charge in [-0.05, 0) is 12.8 Å². The van der Waals surface area contributed by atoms with Crippen molar-refractivity contribution < 1.29 is 14.3 Å². The zero-order valence-corrected chi connectivity index (χ0v) is 10.6. The third kappa shape index (κ3) is 2.08. The fraction of sp³-hybridized carbons (Fsp3) is 0.692. The third-order valence-electron chi connectivity index (χ3n) is 3.92. The van der Waals surface area contributed by atoms with E-state index in [4.69, 9.17) is 9.47 Å². The molecule has 2 fully saturated rings. The summed E-state index contributed by atoms with van der Waals surface area (Å²) in [5.41, 5.74) is 0.596. The summed E-state index contributed by atoms with van der Waals surface area (Å²) in [6.45, 7) is 2.97. The minimum atomic E-state index is -0.327. The fourth-order valence-corrected chi connectivity index (χ4v) is 2.84. The molecule has 1 aromatic rings. The number of nitrogens with one attached hydrogen (secondary N) is 1. The van der Waals surface area contributed by atoms with Crippen molar-refractivity contribution in [3.05, 3.63) is 17.7 Å². The number of hydrogen-bond donors (Lipinski definition) is 1. The van der Waals surface area contributed by atoms with Crippen molar-refractivity contribution >= 4 is 5.78 Å². The molecular weight excluding hydrogens is 232 g/mol. The number of ketones is 1. The van der Waals surface area contributed by atoms with Gasteiger partial charge in [0.25, 0.3) is 0 Å². The molecule has 5 heteroatoms. The standard InChI is InChI=1S/C13H18N2O3/c1-9(16)11-8-14-12(15-11)10-2-4-13(5-3-10)17-6-7-18-13/h8,10H,2-7H2,1H3,(H,14,15). The van der Waals surface area contributed by atoms with Gasteiger partial charge in [0, 0.05) is 25.7 Å². The van der Waals surface area contributed by atoms with Crippen LogP contribution in [0.4, 0.5) is 0 Å². The average molecular weight is 250 g/mol. The van der Waals surface area contributed by atoms with Crippen molar-refractivity contribution in [3.63, 3.8) is 0 Å². The van der Waals surface area contributed by atoms with E-state index in [1.165, 1.54) is 0 Å². The van der Waals surface area contributed by atoms with Crippen molar-refractivity contribution in [2.24, 2.45) is 0 Å². The Morgan fingerprint density at radius 2 is 2.06 bits per heavy atom. The number of carbonyl (C=O) groups excluding carboxylic acids is 1. The summed E-state index contributed by atoms with van der Waals surface area (Å²) < 4.78 is 11.4. The third-order valence-corrected chi connectivity index (χ3v) is 3.92. The largest absolute Gasteiger partial charge is 0.348 e. The lowest BCUT2D eigenvalue weighted by Gasteiger charge is -2.34. The fourth-order valence-electron chi connectivity index (χ4n) is 2.84. The molecule has 2 heterocycles. The summed E-state index contributed by atoms with van der Waals surface area (Å²) in [5, 5.41) is 0. The number of rotatable bonds is 2. The van der Waals surface area contributed by atoms with Gasteiger partial charge in [0.2, 0.25) is 0 Å². The molecule has 1 saturated carbocycles. The van der Waals surface area contributed by atoms with Gasteiger partial charge >= 0.3 is 0 Å². The van der Waals surface area contributed by atoms with E-state index in [-0.39, 0.29) is 11.6 Å². The van der Waals surface area contributed by atoms with Gasteiger partial charge in [-0.1, -0.05) is 0 Å². The number of aromatic amines is 1. The Morgan fingerprint density at radius 3 is 2.61 bits per heavy atom. The molecule has 2 aliphatic rings. The van der Waals surface area contributed by atoms with Crippen LogP contribution < -0.4 is 0 Å². The second-order valence-corrected chi connectivity index (χ2v) is 5.12. The van der Waals surface area contributed by atoms with Gasteiger partial charge in [0.15, 0.2) is 11.6 Å². The maximum absolute atomic E-state index is 11.2. The molecule has 1 aliphatic carbocycles. The minimum Gasteiger partial charge on any atom is -0.348 e. The van der Waals surface area contributed by atoms with E-state index in [1.807, 2.05) is 0 Å². The Bertz CT molecular complexity index is 439. The number of carbonyl (C=O) groups is 1. The first kappa shape index (κ1) is 11.9. The van der Waals surface area contributed by atoms with E-state index in [0.29, 0.717) is 24.8 Å². The lowest BCUT2D eigenvalue weighted by molar-refractivity contribution is -0.179. The molecule has 1 spiro atoms. The van der Waals surface area contributed by atoms with Crippen LogP contribution in [-0.2, 0) is 9.47 Å². The van der Waals surface area contributed by atoms with Crippen LogP contribution >= 0.6 is 0 Å². The second kappa shape index (κ2) is 4.48. The van der Waals surface area contributed by atoms with Crippen LogP contribution in [0.25, 0.3) is 0 Å². The van der Waals surface area contributed by atoms with Gasteiger partial charge in [-0.15, -0.1) is 0 Å². The zero-order chi connectivity index (χ0) is 12.6. The van der Waals surface area contributed by atoms with Crippen LogP contribution in [0.1, 0.15) is 54.8 Å². The van der Waals surface area contributed by atoms with Crippen LogP contribution in [0.3, 0.4) is 0 Å². The Hall–Kier alpha value is -1.20. The molecular formula is C13H18N2O3. The summed E-state index contributed by atoms with van der Waals surface area (Å²) in [7, 11) is 0. The highest BCUT2D eigenvalue weighted by atomic mass is 16.7. The van der Waals surface area contributed by atoms with E-state index in [0.717, 1.165) is 31.5 Å². The second-order valence-electron chi connectivity index (χ2n) is 5.12. The summed E-state index contributed by atoms with van der Waals surface area (Å²) in [4.78, 5) is 18.7. The number of Topliss-reactive ketones (excluding diaryl/α,β-unsaturated/α-hetero) is 1. The highest BCUT2D eigenvalue weighted by Crippen LogP contribution is 2.41. The van der Waals surface area contributed by atoms with E-state index >= 15 is 0 Å². The zero-order valence-electron chi connectivity index (χ0n) is 10.6. The van der Waals surface area contributed by atoms with Crippen molar-refractivity contribution in [1.29, 1.82) is 0 Å². The van der Waals surface area contributed by atoms with Gasteiger partial charge in [-0.2, -0.15) is 0 Å². The SMILES string of the molecule is CC(=O)c1cnc(C2CCC3(CC2)OCCO3)[nH]1. The number of imidazole rings is 1. The molecule has 5 nitrogen and oxygen atoms in total. The number of nitrogens with zero attached hydrogens (tertiary/aromatic N) is 1. The molecule has 1 aliphatic heterocycles. The average Bonchev–Trinajstić information content (AvgIpc) is 3.00. The lowest BCUT2D eigenvalue weighted by Crippen LogP contribution is -2.34. The minimum absolute atomic E-state index is 0.0310. The molecule has 0 atom stereocenters. The molecule has 1 aromatic heterocycles. The Balaban J connectivity index is 1.66. The predicted octanol–water partition coefficient (Wildman–Crippen LogP) is 2.01. The summed E-state index contributed by atoms with van der Waals surface area (Å²) in [6.07, 6.45) is 5.43. The Labute approximate surface area is 106 Å². The van der Waals surface area contributed by atoms with Crippen LogP contribution in [0.15, 0.2) is 6.20 Å². The normalized spacial score (nSPS) is 23.6. The van der Waals surface area contributed by atoms with Gasteiger partial charge in [-0.25, -0.2) is 4.98 Å². The smallest absolute Gasteiger partial charge is 0.177 e. The van der Waals surface area contributed by atoms with Gasteiger partial charge in [-0.3, -0.25) is 4.79 Å². The molecule has 98 valence electrons. The quantitative estimate of drug-likeness (QED) is 0.815. The van der Waals surface area contributed by atoms with E-state index in [9.17, 15) is 4.79 Å². The highest BCUT2D eigenvalue weighted by molar-refractivity contribution is 5.91. The molecule has 0 amide bonds. The monoisotopic (exact) mass is 250 g/mol. The number of H-pyrrole nitrogens is 1. The van der Waals surface area contributed by atoms with Crippen LogP contribution in [0.5, 0.6) is 0 Å². The maximum atomic E-state index is 11.2. The van der Waals surface area contributed by atoms with Gasteiger partial charge < -0.3 is 14.5 Å². The first-order valence-corrected chi connectivity index (χ1v) is 6.52. The van der Waals surface area contributed by atoms with Crippen molar-refractivity contribution in [3.8, 4) is 0 Å². The highest BCUT2D eigenvalue weighted by Gasteiger charge is 2.41. The molecule has 3 rings (SSSR count). The summed E-state index contributed by atoms with van der Waals surface area (Å²) >= 11 is 0. The first-order valence-electron chi connectivity index (χ1n) is 6.52. The summed E-state index contributed by atoms with van der Waals surface area (Å²) in [5.74, 6) is 1.01. The molecule has 0 radical (unpaired) electrons. The Kier molecular flexibility index (Phi) is 2.95. The molecule has 1 saturated heterocycles. The van der Waals surface area contributed by atoms with Gasteiger partial charge in [0.05, 0.1) is 19.4 Å². The van der Waals surface area contributed by atoms with Crippen LogP contribution in [0.2, 0.25) is 0 Å². The number of aromatic nitrogens is 2. The molecule has 1 N–H and O–H groups in total. The van der Waals surface area contributed by atoms with Crippen LogP contribution in [-0.4, -0.2) is 34.8 Å². The number of ether oxygens (including phenoxy) is 2. The van der Waals surface area contributed by atoms with Crippen molar-refractivity contribution in [2.45, 2.75) is 44.3 Å². The maximum Gasteiger partial charge on any atom is 0.177 e. The van der Waals surface area contributed by atoms with Crippen molar-refractivity contribution in [2.75, 3.05) is 13.2 Å². The molecule has 0 unspecified atom stereocenters. The van der Waals surface area contributed by atoms with E-state index in [1.54, 1.807) is 13.1 Å². The number of hydrogen-bond acceptors (Lipinski definition) is 4. The van der Waals surface area contributed by atoms with Crippen LogP contribution in [0, 0.1) is 0 Å². The topological polar surface area (TPSA) is 64.2 Å². The van der Waals surface area contributed by atoms with Gasteiger partial charge in [0.1, 0.15) is 11.5 Å². The molecule has 0 aromatic carbocycles. The van der Waals surface area contributed by atoms with E-state index < -0.39 is 0 Å². The summed E-state index contributed by atoms with van der Waals surface area (Å²) in [6, 6.07) is 0. The lowest BCUT2D eigenvalue weighted by atomic mass is 9.84.